The van der Waals surface area contributed by atoms with Gasteiger partial charge in [0, 0.05) is 5.75 Å². The number of thioether (sulfide) groups is 1. The van der Waals surface area contributed by atoms with E-state index in [1.54, 1.807) is 0 Å². The van der Waals surface area contributed by atoms with Crippen LogP contribution in [-0.2, 0) is 121 Å². The number of carboxylic acid groups (broad SMARTS) is 1. The van der Waals surface area contributed by atoms with Crippen molar-refractivity contribution in [2.24, 2.45) is 5.73 Å². The molecule has 11 atom stereocenters. The summed E-state index contributed by atoms with van der Waals surface area (Å²) in [6.07, 6.45) is -27.2. The van der Waals surface area contributed by atoms with Crippen molar-refractivity contribution in [2.75, 3.05) is 19.0 Å². The van der Waals surface area contributed by atoms with Crippen molar-refractivity contribution < 1.29 is 144 Å². The third kappa shape index (κ3) is 19.3. The highest BCUT2D eigenvalue weighted by Gasteiger charge is 2.58. The minimum atomic E-state index is -6.14. The molecule has 42 heteroatoms. The Kier molecular flexibility index (Phi) is 17.5. The number of nitrogens with two attached hydrogens (primary N) is 1. The Morgan fingerprint density at radius 3 is 1.26 bits per heavy atom. The van der Waals surface area contributed by atoms with Crippen molar-refractivity contribution in [3.8, 4) is 0 Å². The van der Waals surface area contributed by atoms with Gasteiger partial charge in [-0.1, -0.05) is 0 Å². The average molecular weight is 1010 g/mol. The van der Waals surface area contributed by atoms with E-state index in [9.17, 15) is 86.5 Å². The minimum absolute atomic E-state index is 0.0425. The van der Waals surface area contributed by atoms with E-state index in [0.717, 1.165) is 0 Å². The van der Waals surface area contributed by atoms with E-state index < -0.39 is 164 Å². The number of carboxylic acids is 1. The van der Waals surface area contributed by atoms with E-state index in [2.05, 4.69) is 29.3 Å². The molecule has 2 aliphatic rings. The standard InChI is InChI=1S/C15H27NO33S8/c16-4(13(17)18)3-50-15-12(49-57(37,38)39)9(46-54(28,29)30)7(5(43-15)1-40-51(19,20)21)44-14-11(48-56(34,35)36)10(47-55(31,32)33)8(45-53(25,26)27)6(42-14)2-41-52(22,23)24/h4-12,14-15H,1-3,16H2,(H,17,18)(H,19,20,21)(H,22,23,24)(H,25,26,27)(H,28,29,30)(H,31,32,33)(H,34,35,36)(H,37,38,39)/t4-,5+,6+,7+,8+,9-,10-,11+,12+,14+,15-/m0/s1. The molecule has 0 radical (unpaired) electrons. The van der Waals surface area contributed by atoms with Gasteiger partial charge >= 0.3 is 78.8 Å². The second-order valence-electron chi connectivity index (χ2n) is 10.3. The Morgan fingerprint density at radius 1 is 0.526 bits per heavy atom. The first-order chi connectivity index (χ1) is 25.3. The zero-order chi connectivity index (χ0) is 44.3. The highest BCUT2D eigenvalue weighted by Crippen LogP contribution is 2.39. The van der Waals surface area contributed by atoms with Crippen LogP contribution in [0, 0.1) is 0 Å². The van der Waals surface area contributed by atoms with Crippen LogP contribution < -0.4 is 5.73 Å². The maximum atomic E-state index is 12.0. The fourth-order valence-corrected chi connectivity index (χ4v) is 8.74. The maximum absolute atomic E-state index is 12.0. The summed E-state index contributed by atoms with van der Waals surface area (Å²) in [4.78, 5) is 11.3. The van der Waals surface area contributed by atoms with Crippen LogP contribution in [0.1, 0.15) is 0 Å². The number of hydrogen-bond acceptors (Lipinski definition) is 27. The molecule has 0 bridgehead atoms. The Balaban J connectivity index is 2.99. The zero-order valence-electron chi connectivity index (χ0n) is 26.6. The number of aliphatic carboxylic acids is 1. The lowest BCUT2D eigenvalue weighted by molar-refractivity contribution is -0.325. The molecule has 0 aliphatic carbocycles. The summed E-state index contributed by atoms with van der Waals surface area (Å²) in [5.74, 6) is -2.65. The molecule has 0 unspecified atom stereocenters. The van der Waals surface area contributed by atoms with Crippen LogP contribution in [0.2, 0.25) is 0 Å². The highest BCUT2D eigenvalue weighted by molar-refractivity contribution is 7.99. The van der Waals surface area contributed by atoms with Crippen LogP contribution in [-0.4, -0.2) is 187 Å². The van der Waals surface area contributed by atoms with Gasteiger partial charge in [-0.3, -0.25) is 36.7 Å². The van der Waals surface area contributed by atoms with Crippen LogP contribution in [0.25, 0.3) is 0 Å². The van der Waals surface area contributed by atoms with Gasteiger partial charge in [0.05, 0.1) is 13.2 Å². The SMILES string of the molecule is N[C@@H](CS[C@@H]1O[C@H](COS(=O)(=O)O)[C@@H](O[C@H]2O[C@H](COS(=O)(=O)O)[C@@H](OS(=O)(=O)O)[C@H](OS(=O)(=O)O)[C@H]2OS(=O)(=O)O)[C@H](OS(=O)(=O)O)[C@H]1OS(=O)(=O)O)C(=O)O. The van der Waals surface area contributed by atoms with E-state index >= 15 is 0 Å². The van der Waals surface area contributed by atoms with Gasteiger partial charge in [-0.15, -0.1) is 11.8 Å². The van der Waals surface area contributed by atoms with E-state index in [0.29, 0.717) is 0 Å². The van der Waals surface area contributed by atoms with Gasteiger partial charge in [-0.05, 0) is 0 Å². The summed E-state index contributed by atoms with van der Waals surface area (Å²) >= 11 is 0.0425. The van der Waals surface area contributed by atoms with Gasteiger partial charge in [0.2, 0.25) is 0 Å². The predicted octanol–water partition coefficient (Wildman–Crippen LogP) is -6.45. The molecule has 34 nitrogen and oxygen atoms in total. The van der Waals surface area contributed by atoms with E-state index in [1.165, 1.54) is 0 Å². The molecule has 0 amide bonds. The number of ether oxygens (including phenoxy) is 3. The van der Waals surface area contributed by atoms with Crippen molar-refractivity contribution in [3.05, 3.63) is 0 Å². The van der Waals surface area contributed by atoms with Crippen LogP contribution >= 0.6 is 11.8 Å². The molecule has 2 aliphatic heterocycles. The monoisotopic (exact) mass is 1000 g/mol. The number of rotatable bonds is 22. The van der Waals surface area contributed by atoms with Crippen LogP contribution in [0.5, 0.6) is 0 Å². The van der Waals surface area contributed by atoms with Crippen LogP contribution in [0.4, 0.5) is 0 Å². The number of hydrogen-bond donors (Lipinski definition) is 9. The lowest BCUT2D eigenvalue weighted by Gasteiger charge is -2.48. The Morgan fingerprint density at radius 2 is 0.877 bits per heavy atom. The van der Waals surface area contributed by atoms with Crippen LogP contribution in [0.3, 0.4) is 0 Å². The summed E-state index contributed by atoms with van der Waals surface area (Å²) in [7, 11) is -41.6. The molecule has 0 aromatic carbocycles. The van der Waals surface area contributed by atoms with Gasteiger partial charge in [0.25, 0.3) is 0 Å². The molecule has 2 heterocycles. The number of carbonyl (C=O) groups is 1. The smallest absolute Gasteiger partial charge is 0.397 e. The van der Waals surface area contributed by atoms with Crippen molar-refractivity contribution >= 4 is 90.5 Å². The Hall–Kier alpha value is -1.25. The quantitative estimate of drug-likeness (QED) is 0.0455. The average Bonchev–Trinajstić information content (AvgIpc) is 2.95. The topological polar surface area (TPSA) is 536 Å². The van der Waals surface area contributed by atoms with E-state index in [1.807, 2.05) is 0 Å². The highest BCUT2D eigenvalue weighted by atomic mass is 32.3. The lowest BCUT2D eigenvalue weighted by atomic mass is 9.97. The predicted molar refractivity (Wildman–Crippen MR) is 167 cm³/mol. The van der Waals surface area contributed by atoms with Gasteiger partial charge in [0.15, 0.2) is 12.4 Å². The normalized spacial score (nSPS) is 30.5. The third-order valence-corrected chi connectivity index (χ3v) is 10.6. The maximum Gasteiger partial charge on any atom is 0.397 e. The summed E-state index contributed by atoms with van der Waals surface area (Å²) in [5, 5.41) is 9.12. The molecule has 0 aromatic heterocycles. The largest absolute Gasteiger partial charge is 0.480 e. The summed E-state index contributed by atoms with van der Waals surface area (Å²) in [5.41, 5.74) is 3.04. The van der Waals surface area contributed by atoms with Crippen LogP contribution in [0.15, 0.2) is 0 Å². The molecular formula is C15H27NO33S8. The van der Waals surface area contributed by atoms with Crippen molar-refractivity contribution in [3.63, 3.8) is 0 Å². The van der Waals surface area contributed by atoms with Gasteiger partial charge in [-0.2, -0.15) is 58.9 Å². The molecule has 57 heavy (non-hydrogen) atoms. The van der Waals surface area contributed by atoms with Gasteiger partial charge in [-0.25, -0.2) is 29.3 Å². The molecule has 338 valence electrons. The zero-order valence-corrected chi connectivity index (χ0v) is 33.1. The molecule has 0 spiro atoms. The Bertz CT molecular complexity index is 2210. The lowest BCUT2D eigenvalue weighted by Crippen LogP contribution is -2.67. The Labute approximate surface area is 324 Å². The summed E-state index contributed by atoms with van der Waals surface area (Å²) < 4.78 is 275. The molecule has 2 fully saturated rings. The third-order valence-electron chi connectivity index (χ3n) is 6.16. The molecular weight excluding hydrogens is 979 g/mol. The molecule has 0 saturated carbocycles. The van der Waals surface area contributed by atoms with Crippen molar-refractivity contribution in [2.45, 2.75) is 66.6 Å². The second-order valence-corrected chi connectivity index (χ2v) is 18.9. The van der Waals surface area contributed by atoms with E-state index in [-0.39, 0.29) is 11.8 Å². The summed E-state index contributed by atoms with van der Waals surface area (Å²) in [6.45, 7) is -3.61. The summed E-state index contributed by atoms with van der Waals surface area (Å²) in [6, 6.07) is -1.90. The molecule has 2 saturated heterocycles. The minimum Gasteiger partial charge on any atom is -0.480 e. The van der Waals surface area contributed by atoms with Gasteiger partial charge < -0.3 is 25.1 Å². The fourth-order valence-electron chi connectivity index (χ4n) is 4.41. The fraction of sp³-hybridized carbons (Fsp3) is 0.933. The molecule has 10 N–H and O–H groups in total. The first-order valence-electron chi connectivity index (χ1n) is 13.4. The first kappa shape index (κ1) is 51.9. The van der Waals surface area contributed by atoms with Gasteiger partial charge in [0.1, 0.15) is 54.2 Å². The van der Waals surface area contributed by atoms with Crippen molar-refractivity contribution in [1.29, 1.82) is 0 Å². The first-order valence-corrected chi connectivity index (χ1v) is 24.0. The van der Waals surface area contributed by atoms with E-state index in [4.69, 9.17) is 34.2 Å². The molecule has 2 rings (SSSR count). The second kappa shape index (κ2) is 19.2. The molecule has 0 aromatic rings. The van der Waals surface area contributed by atoms with Crippen molar-refractivity contribution in [1.82, 2.24) is 0 Å².